The van der Waals surface area contributed by atoms with Gasteiger partial charge in [-0.2, -0.15) is 0 Å². The molecule has 1 rings (SSSR count). The van der Waals surface area contributed by atoms with Gasteiger partial charge < -0.3 is 19.3 Å². The van der Waals surface area contributed by atoms with Crippen LogP contribution in [0.15, 0.2) is 0 Å². The molecule has 0 aromatic carbocycles. The Hall–Kier alpha value is -0.650. The van der Waals surface area contributed by atoms with E-state index in [1.807, 2.05) is 34.6 Å². The topological polar surface area (TPSA) is 65.0 Å². The maximum atomic E-state index is 11.8. The average molecular weight is 274 g/mol. The Morgan fingerprint density at radius 2 is 1.95 bits per heavy atom. The summed E-state index contributed by atoms with van der Waals surface area (Å²) < 4.78 is 16.8. The molecule has 19 heavy (non-hydrogen) atoms. The SMILES string of the molecule is CCC1(C)O[C@H](CO)C[C@H](CC(=O)OC(C)(C)C)O1. The summed E-state index contributed by atoms with van der Waals surface area (Å²) in [6.07, 6.45) is 0.795. The van der Waals surface area contributed by atoms with Crippen molar-refractivity contribution in [3.8, 4) is 0 Å². The second-order valence-corrected chi connectivity index (χ2v) is 6.18. The van der Waals surface area contributed by atoms with Gasteiger partial charge in [-0.25, -0.2) is 0 Å². The van der Waals surface area contributed by atoms with Crippen LogP contribution in [0.4, 0.5) is 0 Å². The quantitative estimate of drug-likeness (QED) is 0.794. The molecule has 5 heteroatoms. The fourth-order valence-electron chi connectivity index (χ4n) is 2.09. The molecule has 1 unspecified atom stereocenters. The van der Waals surface area contributed by atoms with Gasteiger partial charge in [0.05, 0.1) is 25.2 Å². The second-order valence-electron chi connectivity index (χ2n) is 6.18. The highest BCUT2D eigenvalue weighted by Crippen LogP contribution is 2.31. The summed E-state index contributed by atoms with van der Waals surface area (Å²) in [7, 11) is 0. The molecule has 1 N–H and O–H groups in total. The highest BCUT2D eigenvalue weighted by atomic mass is 16.7. The van der Waals surface area contributed by atoms with Gasteiger partial charge in [-0.3, -0.25) is 4.79 Å². The Morgan fingerprint density at radius 3 is 2.42 bits per heavy atom. The molecular formula is C14H26O5. The number of aliphatic hydroxyl groups is 1. The predicted molar refractivity (Wildman–Crippen MR) is 70.6 cm³/mol. The van der Waals surface area contributed by atoms with E-state index in [2.05, 4.69) is 0 Å². The fourth-order valence-corrected chi connectivity index (χ4v) is 2.09. The largest absolute Gasteiger partial charge is 0.460 e. The monoisotopic (exact) mass is 274 g/mol. The van der Waals surface area contributed by atoms with Crippen LogP contribution in [-0.4, -0.2) is 41.3 Å². The number of carbonyl (C=O) groups excluding carboxylic acids is 1. The zero-order chi connectivity index (χ0) is 14.7. The number of rotatable bonds is 4. The van der Waals surface area contributed by atoms with Gasteiger partial charge in [0, 0.05) is 6.42 Å². The van der Waals surface area contributed by atoms with E-state index >= 15 is 0 Å². The van der Waals surface area contributed by atoms with Gasteiger partial charge in [0.1, 0.15) is 5.60 Å². The van der Waals surface area contributed by atoms with E-state index in [-0.39, 0.29) is 31.2 Å². The standard InChI is InChI=1S/C14H26O5/c1-6-14(5)17-10(7-11(9-15)18-14)8-12(16)19-13(2,3)4/h10-11,15H,6-9H2,1-5H3/t10-,11+,14?/m1/s1. The molecule has 5 nitrogen and oxygen atoms in total. The lowest BCUT2D eigenvalue weighted by molar-refractivity contribution is -0.314. The van der Waals surface area contributed by atoms with Crippen molar-refractivity contribution in [2.45, 2.75) is 77.5 Å². The summed E-state index contributed by atoms with van der Waals surface area (Å²) in [5.74, 6) is -1.02. The first kappa shape index (κ1) is 16.4. The minimum Gasteiger partial charge on any atom is -0.460 e. The van der Waals surface area contributed by atoms with Gasteiger partial charge in [0.15, 0.2) is 5.79 Å². The van der Waals surface area contributed by atoms with Crippen LogP contribution >= 0.6 is 0 Å². The minimum absolute atomic E-state index is 0.0657. The molecule has 0 bridgehead atoms. The smallest absolute Gasteiger partial charge is 0.308 e. The molecule has 0 amide bonds. The van der Waals surface area contributed by atoms with Crippen molar-refractivity contribution in [3.63, 3.8) is 0 Å². The van der Waals surface area contributed by atoms with Crippen molar-refractivity contribution < 1.29 is 24.1 Å². The average Bonchev–Trinajstić information content (AvgIpc) is 2.25. The Kier molecular flexibility index (Phi) is 5.35. The summed E-state index contributed by atoms with van der Waals surface area (Å²) in [5, 5.41) is 9.26. The number of esters is 1. The number of hydrogen-bond acceptors (Lipinski definition) is 5. The van der Waals surface area contributed by atoms with E-state index in [9.17, 15) is 9.90 Å². The lowest BCUT2D eigenvalue weighted by Crippen LogP contribution is -2.48. The number of ether oxygens (including phenoxy) is 3. The van der Waals surface area contributed by atoms with Crippen LogP contribution < -0.4 is 0 Å². The molecule has 3 atom stereocenters. The Morgan fingerprint density at radius 1 is 1.37 bits per heavy atom. The fraction of sp³-hybridized carbons (Fsp3) is 0.929. The summed E-state index contributed by atoms with van der Waals surface area (Å²) in [5.41, 5.74) is -0.493. The van der Waals surface area contributed by atoms with E-state index in [4.69, 9.17) is 14.2 Å². The van der Waals surface area contributed by atoms with Crippen LogP contribution in [0.1, 0.15) is 53.9 Å². The van der Waals surface area contributed by atoms with Crippen molar-refractivity contribution in [2.75, 3.05) is 6.61 Å². The first-order valence-corrected chi connectivity index (χ1v) is 6.86. The van der Waals surface area contributed by atoms with E-state index < -0.39 is 11.4 Å². The van der Waals surface area contributed by atoms with Gasteiger partial charge in [-0.05, 0) is 34.1 Å². The summed E-state index contributed by atoms with van der Waals surface area (Å²) in [4.78, 5) is 11.8. The Labute approximate surface area is 115 Å². The minimum atomic E-state index is -0.738. The van der Waals surface area contributed by atoms with Gasteiger partial charge in [0.2, 0.25) is 0 Å². The molecule has 1 fully saturated rings. The lowest BCUT2D eigenvalue weighted by Gasteiger charge is -2.41. The molecular weight excluding hydrogens is 248 g/mol. The third-order valence-corrected chi connectivity index (χ3v) is 3.02. The maximum Gasteiger partial charge on any atom is 0.308 e. The third kappa shape index (κ3) is 5.47. The summed E-state index contributed by atoms with van der Waals surface area (Å²) in [6.45, 7) is 9.22. The molecule has 1 saturated heterocycles. The zero-order valence-corrected chi connectivity index (χ0v) is 12.6. The number of carbonyl (C=O) groups is 1. The second kappa shape index (κ2) is 6.20. The van der Waals surface area contributed by atoms with Gasteiger partial charge in [0.25, 0.3) is 0 Å². The molecule has 112 valence electrons. The van der Waals surface area contributed by atoms with Gasteiger partial charge in [-0.1, -0.05) is 6.92 Å². The number of hydrogen-bond donors (Lipinski definition) is 1. The summed E-state index contributed by atoms with van der Waals surface area (Å²) in [6, 6.07) is 0. The maximum absolute atomic E-state index is 11.8. The van der Waals surface area contributed by atoms with Crippen LogP contribution in [-0.2, 0) is 19.0 Å². The van der Waals surface area contributed by atoms with Crippen LogP contribution in [0, 0.1) is 0 Å². The van der Waals surface area contributed by atoms with Crippen LogP contribution in [0.25, 0.3) is 0 Å². The zero-order valence-electron chi connectivity index (χ0n) is 12.6. The van der Waals surface area contributed by atoms with Crippen LogP contribution in [0.3, 0.4) is 0 Å². The Balaban J connectivity index is 2.59. The molecule has 0 aliphatic carbocycles. The van der Waals surface area contributed by atoms with Gasteiger partial charge >= 0.3 is 5.97 Å². The molecule has 0 radical (unpaired) electrons. The number of aliphatic hydroxyl groups excluding tert-OH is 1. The summed E-state index contributed by atoms with van der Waals surface area (Å²) >= 11 is 0. The van der Waals surface area contributed by atoms with Crippen molar-refractivity contribution in [1.82, 2.24) is 0 Å². The molecule has 1 aliphatic rings. The van der Waals surface area contributed by atoms with Crippen LogP contribution in [0.5, 0.6) is 0 Å². The highest BCUT2D eigenvalue weighted by molar-refractivity contribution is 5.70. The molecule has 1 aliphatic heterocycles. The lowest BCUT2D eigenvalue weighted by atomic mass is 10.0. The molecule has 0 aromatic rings. The first-order valence-electron chi connectivity index (χ1n) is 6.86. The van der Waals surface area contributed by atoms with E-state index in [0.717, 1.165) is 0 Å². The van der Waals surface area contributed by atoms with Crippen molar-refractivity contribution in [3.05, 3.63) is 0 Å². The molecule has 0 spiro atoms. The van der Waals surface area contributed by atoms with Crippen molar-refractivity contribution in [1.29, 1.82) is 0 Å². The van der Waals surface area contributed by atoms with E-state index in [1.54, 1.807) is 0 Å². The van der Waals surface area contributed by atoms with Crippen molar-refractivity contribution >= 4 is 5.97 Å². The van der Waals surface area contributed by atoms with Gasteiger partial charge in [-0.15, -0.1) is 0 Å². The third-order valence-electron chi connectivity index (χ3n) is 3.02. The van der Waals surface area contributed by atoms with E-state index in [1.165, 1.54) is 0 Å². The van der Waals surface area contributed by atoms with E-state index in [0.29, 0.717) is 12.8 Å². The highest BCUT2D eigenvalue weighted by Gasteiger charge is 2.38. The van der Waals surface area contributed by atoms with Crippen molar-refractivity contribution in [2.24, 2.45) is 0 Å². The predicted octanol–water partition coefficient (Wildman–Crippen LogP) is 2.01. The molecule has 0 aromatic heterocycles. The first-order chi connectivity index (χ1) is 8.67. The Bertz CT molecular complexity index is 309. The normalized spacial score (nSPS) is 32.1. The molecule has 1 heterocycles. The molecule has 0 saturated carbocycles. The van der Waals surface area contributed by atoms with Crippen LogP contribution in [0.2, 0.25) is 0 Å².